The lowest BCUT2D eigenvalue weighted by atomic mass is 10.1. The van der Waals surface area contributed by atoms with Crippen LogP contribution in [0.4, 0.5) is 0 Å². The fourth-order valence-electron chi connectivity index (χ4n) is 1.83. The SMILES string of the molecule is CC=C(c1ccccc1)N(CCOCC)C(=O)C(=O)O. The Bertz CT molecular complexity index is 482. The number of amides is 1. The highest BCUT2D eigenvalue weighted by molar-refractivity contribution is 6.33. The maximum absolute atomic E-state index is 11.8. The first kappa shape index (κ1) is 15.9. The zero-order valence-corrected chi connectivity index (χ0v) is 11.7. The number of carboxylic acid groups (broad SMARTS) is 1. The van der Waals surface area contributed by atoms with Crippen molar-refractivity contribution in [2.75, 3.05) is 19.8 Å². The van der Waals surface area contributed by atoms with Crippen molar-refractivity contribution in [2.45, 2.75) is 13.8 Å². The first-order valence-corrected chi connectivity index (χ1v) is 6.46. The van der Waals surface area contributed by atoms with Gasteiger partial charge in [-0.05, 0) is 19.4 Å². The highest BCUT2D eigenvalue weighted by atomic mass is 16.5. The van der Waals surface area contributed by atoms with Crippen LogP contribution in [0.5, 0.6) is 0 Å². The number of nitrogens with zero attached hydrogens (tertiary/aromatic N) is 1. The standard InChI is InChI=1S/C15H19NO4/c1-3-13(12-8-6-5-7-9-12)16(10-11-20-4-2)14(17)15(18)19/h3,5-9H,4,10-11H2,1-2H3,(H,18,19). The van der Waals surface area contributed by atoms with Gasteiger partial charge in [-0.15, -0.1) is 0 Å². The van der Waals surface area contributed by atoms with Crippen molar-refractivity contribution in [3.05, 3.63) is 42.0 Å². The molecule has 1 N–H and O–H groups in total. The fourth-order valence-corrected chi connectivity index (χ4v) is 1.83. The van der Waals surface area contributed by atoms with Crippen LogP contribution in [0.25, 0.3) is 5.70 Å². The fraction of sp³-hybridized carbons (Fsp3) is 0.333. The number of aliphatic carboxylic acids is 1. The molecular formula is C15H19NO4. The normalized spacial score (nSPS) is 11.2. The third-order valence-corrected chi connectivity index (χ3v) is 2.73. The second kappa shape index (κ2) is 8.12. The summed E-state index contributed by atoms with van der Waals surface area (Å²) in [6.45, 7) is 4.63. The minimum absolute atomic E-state index is 0.202. The summed E-state index contributed by atoms with van der Waals surface area (Å²) in [4.78, 5) is 24.0. The van der Waals surface area contributed by atoms with Crippen LogP contribution in [0.1, 0.15) is 19.4 Å². The number of benzene rings is 1. The first-order chi connectivity index (χ1) is 9.61. The molecule has 0 aliphatic rings. The largest absolute Gasteiger partial charge is 0.474 e. The lowest BCUT2D eigenvalue weighted by Crippen LogP contribution is -2.37. The van der Waals surface area contributed by atoms with Crippen molar-refractivity contribution in [1.82, 2.24) is 4.90 Å². The molecule has 1 aromatic rings. The lowest BCUT2D eigenvalue weighted by Gasteiger charge is -2.24. The molecule has 1 amide bonds. The number of carbonyl (C=O) groups is 2. The Morgan fingerprint density at radius 2 is 1.95 bits per heavy atom. The van der Waals surface area contributed by atoms with Gasteiger partial charge >= 0.3 is 11.9 Å². The second-order valence-corrected chi connectivity index (χ2v) is 4.00. The minimum Gasteiger partial charge on any atom is -0.474 e. The van der Waals surface area contributed by atoms with E-state index in [9.17, 15) is 9.59 Å². The predicted molar refractivity (Wildman–Crippen MR) is 75.9 cm³/mol. The molecule has 0 saturated heterocycles. The van der Waals surface area contributed by atoms with E-state index in [-0.39, 0.29) is 6.54 Å². The maximum atomic E-state index is 11.8. The van der Waals surface area contributed by atoms with Gasteiger partial charge in [0.1, 0.15) is 0 Å². The van der Waals surface area contributed by atoms with Gasteiger partial charge in [-0.25, -0.2) is 4.79 Å². The average molecular weight is 277 g/mol. The Morgan fingerprint density at radius 3 is 2.45 bits per heavy atom. The number of allylic oxidation sites excluding steroid dienone is 1. The molecule has 1 rings (SSSR count). The van der Waals surface area contributed by atoms with E-state index < -0.39 is 11.9 Å². The summed E-state index contributed by atoms with van der Waals surface area (Å²) >= 11 is 0. The molecule has 0 unspecified atom stereocenters. The van der Waals surface area contributed by atoms with Crippen LogP contribution in [0.3, 0.4) is 0 Å². The van der Waals surface area contributed by atoms with Gasteiger partial charge in [0, 0.05) is 18.8 Å². The second-order valence-electron chi connectivity index (χ2n) is 4.00. The first-order valence-electron chi connectivity index (χ1n) is 6.46. The molecule has 5 heteroatoms. The third-order valence-electron chi connectivity index (χ3n) is 2.73. The van der Waals surface area contributed by atoms with Gasteiger partial charge < -0.3 is 14.7 Å². The molecular weight excluding hydrogens is 258 g/mol. The van der Waals surface area contributed by atoms with E-state index in [0.29, 0.717) is 18.9 Å². The van der Waals surface area contributed by atoms with E-state index in [4.69, 9.17) is 9.84 Å². The van der Waals surface area contributed by atoms with E-state index in [1.54, 1.807) is 13.0 Å². The third kappa shape index (κ3) is 4.20. The van der Waals surface area contributed by atoms with E-state index in [1.165, 1.54) is 4.90 Å². The Hall–Kier alpha value is -2.14. The van der Waals surface area contributed by atoms with Crippen LogP contribution >= 0.6 is 0 Å². The average Bonchev–Trinajstić information content (AvgIpc) is 2.47. The van der Waals surface area contributed by atoms with E-state index in [0.717, 1.165) is 5.56 Å². The monoisotopic (exact) mass is 277 g/mol. The molecule has 0 saturated carbocycles. The number of rotatable bonds is 6. The smallest absolute Gasteiger partial charge is 0.394 e. The van der Waals surface area contributed by atoms with Crippen LogP contribution < -0.4 is 0 Å². The summed E-state index contributed by atoms with van der Waals surface area (Å²) in [6.07, 6.45) is 1.72. The Morgan fingerprint density at radius 1 is 1.30 bits per heavy atom. The molecule has 5 nitrogen and oxygen atoms in total. The number of carboxylic acids is 1. The molecule has 0 bridgehead atoms. The number of carbonyl (C=O) groups excluding carboxylic acids is 1. The van der Waals surface area contributed by atoms with E-state index >= 15 is 0 Å². The molecule has 1 aromatic carbocycles. The van der Waals surface area contributed by atoms with Crippen LogP contribution in [-0.2, 0) is 14.3 Å². The number of hydrogen-bond acceptors (Lipinski definition) is 3. The highest BCUT2D eigenvalue weighted by Gasteiger charge is 2.24. The van der Waals surface area contributed by atoms with E-state index in [2.05, 4.69) is 0 Å². The van der Waals surface area contributed by atoms with Crippen molar-refractivity contribution in [3.8, 4) is 0 Å². The van der Waals surface area contributed by atoms with Crippen molar-refractivity contribution in [2.24, 2.45) is 0 Å². The summed E-state index contributed by atoms with van der Waals surface area (Å²) in [5.74, 6) is -2.43. The zero-order valence-electron chi connectivity index (χ0n) is 11.7. The van der Waals surface area contributed by atoms with Gasteiger partial charge in [0.05, 0.1) is 6.61 Å². The maximum Gasteiger partial charge on any atom is 0.394 e. The number of hydrogen-bond donors (Lipinski definition) is 1. The zero-order chi connectivity index (χ0) is 15.0. The molecule has 108 valence electrons. The predicted octanol–water partition coefficient (Wildman–Crippen LogP) is 2.00. The van der Waals surface area contributed by atoms with Gasteiger partial charge in [0.15, 0.2) is 0 Å². The molecule has 20 heavy (non-hydrogen) atoms. The van der Waals surface area contributed by atoms with Crippen molar-refractivity contribution < 1.29 is 19.4 Å². The Balaban J connectivity index is 3.01. The summed E-state index contributed by atoms with van der Waals surface area (Å²) in [5.41, 5.74) is 1.36. The highest BCUT2D eigenvalue weighted by Crippen LogP contribution is 2.19. The van der Waals surface area contributed by atoms with Gasteiger partial charge in [-0.3, -0.25) is 4.79 Å². The molecule has 0 heterocycles. The van der Waals surface area contributed by atoms with Crippen LogP contribution in [0.15, 0.2) is 36.4 Å². The van der Waals surface area contributed by atoms with Crippen LogP contribution in [0.2, 0.25) is 0 Å². The molecule has 0 spiro atoms. The summed E-state index contributed by atoms with van der Waals surface area (Å²) < 4.78 is 5.21. The van der Waals surface area contributed by atoms with Crippen molar-refractivity contribution in [3.63, 3.8) is 0 Å². The molecule has 0 radical (unpaired) electrons. The summed E-state index contributed by atoms with van der Waals surface area (Å²) in [7, 11) is 0. The molecule has 0 atom stereocenters. The van der Waals surface area contributed by atoms with Crippen LogP contribution in [0, 0.1) is 0 Å². The molecule has 0 fully saturated rings. The summed E-state index contributed by atoms with van der Waals surface area (Å²) in [5, 5.41) is 8.94. The van der Waals surface area contributed by atoms with Crippen molar-refractivity contribution >= 4 is 17.6 Å². The van der Waals surface area contributed by atoms with Gasteiger partial charge in [-0.2, -0.15) is 0 Å². The van der Waals surface area contributed by atoms with Crippen LogP contribution in [-0.4, -0.2) is 41.6 Å². The Labute approximate surface area is 118 Å². The van der Waals surface area contributed by atoms with Gasteiger partial charge in [0.2, 0.25) is 0 Å². The Kier molecular flexibility index (Phi) is 6.46. The molecule has 0 aliphatic heterocycles. The molecule has 0 aliphatic carbocycles. The van der Waals surface area contributed by atoms with E-state index in [1.807, 2.05) is 37.3 Å². The minimum atomic E-state index is -1.48. The van der Waals surface area contributed by atoms with Gasteiger partial charge in [-0.1, -0.05) is 36.4 Å². The van der Waals surface area contributed by atoms with Gasteiger partial charge in [0.25, 0.3) is 0 Å². The quantitative estimate of drug-likeness (QED) is 0.638. The number of ether oxygens (including phenoxy) is 1. The molecule has 0 aromatic heterocycles. The van der Waals surface area contributed by atoms with Crippen molar-refractivity contribution in [1.29, 1.82) is 0 Å². The summed E-state index contributed by atoms with van der Waals surface area (Å²) in [6, 6.07) is 9.20. The lowest BCUT2D eigenvalue weighted by molar-refractivity contribution is -0.154. The topological polar surface area (TPSA) is 66.8 Å².